The Morgan fingerprint density at radius 2 is 2.00 bits per heavy atom. The molecule has 1 N–H and O–H groups in total. The Morgan fingerprint density at radius 3 is 2.73 bits per heavy atom. The summed E-state index contributed by atoms with van der Waals surface area (Å²) < 4.78 is 14.6. The van der Waals surface area contributed by atoms with E-state index in [9.17, 15) is 9.18 Å². The van der Waals surface area contributed by atoms with Crippen molar-refractivity contribution in [3.63, 3.8) is 0 Å². The Labute approximate surface area is 144 Å². The maximum Gasteiger partial charge on any atom is 0.256 e. The number of likely N-dealkylation sites (tertiary alicyclic amines) is 1. The van der Waals surface area contributed by atoms with E-state index < -0.39 is 5.82 Å². The van der Waals surface area contributed by atoms with Crippen molar-refractivity contribution in [2.45, 2.75) is 12.5 Å². The summed E-state index contributed by atoms with van der Waals surface area (Å²) in [6, 6.07) is 4.92. The van der Waals surface area contributed by atoms with Crippen LogP contribution in [0.2, 0.25) is 0 Å². The van der Waals surface area contributed by atoms with Gasteiger partial charge in [0.15, 0.2) is 0 Å². The molecule has 0 saturated carbocycles. The third-order valence-corrected chi connectivity index (χ3v) is 4.77. The van der Waals surface area contributed by atoms with Gasteiger partial charge in [-0.2, -0.15) is 0 Å². The molecule has 2 aliphatic heterocycles. The lowest BCUT2D eigenvalue weighted by Crippen LogP contribution is -2.49. The predicted molar refractivity (Wildman–Crippen MR) is 90.1 cm³/mol. The van der Waals surface area contributed by atoms with Gasteiger partial charge in [-0.25, -0.2) is 4.39 Å². The van der Waals surface area contributed by atoms with Crippen molar-refractivity contribution < 1.29 is 9.18 Å². The zero-order valence-corrected chi connectivity index (χ0v) is 14.6. The van der Waals surface area contributed by atoms with E-state index in [0.717, 1.165) is 37.1 Å². The first-order valence-electron chi connectivity index (χ1n) is 7.34. The molecule has 1 atom stereocenters. The van der Waals surface area contributed by atoms with Crippen LogP contribution in [0, 0.1) is 5.82 Å². The first-order valence-corrected chi connectivity index (χ1v) is 8.13. The van der Waals surface area contributed by atoms with Crippen LogP contribution in [-0.4, -0.2) is 61.0 Å². The fraction of sp³-hybridized carbons (Fsp3) is 0.533. The van der Waals surface area contributed by atoms with Crippen molar-refractivity contribution in [3.05, 3.63) is 34.1 Å². The van der Waals surface area contributed by atoms with E-state index in [-0.39, 0.29) is 23.9 Å². The van der Waals surface area contributed by atoms with Crippen molar-refractivity contribution in [1.82, 2.24) is 15.1 Å². The molecule has 22 heavy (non-hydrogen) atoms. The molecular formula is C15H20BrClFN3O. The Morgan fingerprint density at radius 1 is 1.27 bits per heavy atom. The summed E-state index contributed by atoms with van der Waals surface area (Å²) in [4.78, 5) is 16.7. The number of hydrogen-bond acceptors (Lipinski definition) is 3. The van der Waals surface area contributed by atoms with Crippen LogP contribution in [0.5, 0.6) is 0 Å². The number of amides is 1. The van der Waals surface area contributed by atoms with E-state index >= 15 is 0 Å². The van der Waals surface area contributed by atoms with Gasteiger partial charge in [0.1, 0.15) is 5.82 Å². The van der Waals surface area contributed by atoms with Crippen molar-refractivity contribution >= 4 is 34.2 Å². The van der Waals surface area contributed by atoms with E-state index in [4.69, 9.17) is 0 Å². The first kappa shape index (κ1) is 17.7. The Bertz CT molecular complexity index is 540. The number of piperazine rings is 1. The SMILES string of the molecule is Cl.O=C(c1cc(Br)ccc1F)N1CCC(N2CCNCC2)C1. The normalized spacial score (nSPS) is 22.5. The number of hydrogen-bond donors (Lipinski definition) is 1. The van der Waals surface area contributed by atoms with Gasteiger partial charge >= 0.3 is 0 Å². The van der Waals surface area contributed by atoms with Gasteiger partial charge in [0, 0.05) is 49.8 Å². The largest absolute Gasteiger partial charge is 0.337 e. The molecule has 1 unspecified atom stereocenters. The Kier molecular flexibility index (Phi) is 6.20. The summed E-state index contributed by atoms with van der Waals surface area (Å²) in [5.41, 5.74) is 0.158. The number of carbonyl (C=O) groups is 1. The quantitative estimate of drug-likeness (QED) is 0.837. The predicted octanol–water partition coefficient (Wildman–Crippen LogP) is 2.13. The fourth-order valence-electron chi connectivity index (χ4n) is 3.10. The topological polar surface area (TPSA) is 35.6 Å². The van der Waals surface area contributed by atoms with Crippen LogP contribution < -0.4 is 5.32 Å². The van der Waals surface area contributed by atoms with Crippen LogP contribution in [0.1, 0.15) is 16.8 Å². The average molecular weight is 393 g/mol. The standard InChI is InChI=1S/C15H19BrFN3O.ClH/c16-11-1-2-14(17)13(9-11)15(21)20-6-3-12(10-20)19-7-4-18-5-8-19;/h1-2,9,12,18H,3-8,10H2;1H. The van der Waals surface area contributed by atoms with Crippen LogP contribution in [0.4, 0.5) is 4.39 Å². The van der Waals surface area contributed by atoms with E-state index in [0.29, 0.717) is 19.1 Å². The van der Waals surface area contributed by atoms with E-state index in [1.807, 2.05) is 0 Å². The molecular weight excluding hydrogens is 373 g/mol. The highest BCUT2D eigenvalue weighted by atomic mass is 79.9. The van der Waals surface area contributed by atoms with Gasteiger partial charge in [0.05, 0.1) is 5.56 Å². The van der Waals surface area contributed by atoms with Gasteiger partial charge in [-0.1, -0.05) is 15.9 Å². The van der Waals surface area contributed by atoms with Crippen LogP contribution >= 0.6 is 28.3 Å². The maximum atomic E-state index is 13.8. The lowest BCUT2D eigenvalue weighted by atomic mass is 10.2. The monoisotopic (exact) mass is 391 g/mol. The molecule has 4 nitrogen and oxygen atoms in total. The molecule has 2 aliphatic rings. The highest BCUT2D eigenvalue weighted by molar-refractivity contribution is 9.10. The minimum Gasteiger partial charge on any atom is -0.337 e. The smallest absolute Gasteiger partial charge is 0.256 e. The number of halogens is 3. The molecule has 1 aromatic carbocycles. The number of rotatable bonds is 2. The number of benzene rings is 1. The van der Waals surface area contributed by atoms with Gasteiger partial charge in [0.25, 0.3) is 5.91 Å². The van der Waals surface area contributed by atoms with E-state index in [1.165, 1.54) is 6.07 Å². The van der Waals surface area contributed by atoms with E-state index in [2.05, 4.69) is 26.1 Å². The van der Waals surface area contributed by atoms with Crippen molar-refractivity contribution in [1.29, 1.82) is 0 Å². The number of nitrogens with one attached hydrogen (secondary N) is 1. The average Bonchev–Trinajstić information content (AvgIpc) is 3.00. The third-order valence-electron chi connectivity index (χ3n) is 4.28. The number of nitrogens with zero attached hydrogens (tertiary/aromatic N) is 2. The maximum absolute atomic E-state index is 13.8. The molecule has 0 spiro atoms. The second-order valence-corrected chi connectivity index (χ2v) is 6.52. The first-order chi connectivity index (χ1) is 10.1. The molecule has 7 heteroatoms. The fourth-order valence-corrected chi connectivity index (χ4v) is 3.46. The molecule has 2 saturated heterocycles. The zero-order valence-electron chi connectivity index (χ0n) is 12.2. The third kappa shape index (κ3) is 3.79. The lowest BCUT2D eigenvalue weighted by molar-refractivity contribution is 0.0769. The highest BCUT2D eigenvalue weighted by Crippen LogP contribution is 2.22. The number of carbonyl (C=O) groups excluding carboxylic acids is 1. The highest BCUT2D eigenvalue weighted by Gasteiger charge is 2.32. The molecule has 122 valence electrons. The molecule has 1 amide bonds. The second-order valence-electron chi connectivity index (χ2n) is 5.60. The Hall–Kier alpha value is -0.690. The molecule has 3 rings (SSSR count). The van der Waals surface area contributed by atoms with Crippen LogP contribution in [0.3, 0.4) is 0 Å². The molecule has 2 fully saturated rings. The van der Waals surface area contributed by atoms with Gasteiger partial charge in [-0.15, -0.1) is 12.4 Å². The molecule has 2 heterocycles. The zero-order chi connectivity index (χ0) is 14.8. The minimum absolute atomic E-state index is 0. The van der Waals surface area contributed by atoms with Crippen molar-refractivity contribution in [3.8, 4) is 0 Å². The minimum atomic E-state index is -0.450. The summed E-state index contributed by atoms with van der Waals surface area (Å²) in [7, 11) is 0. The van der Waals surface area contributed by atoms with Crippen LogP contribution in [0.15, 0.2) is 22.7 Å². The van der Waals surface area contributed by atoms with Gasteiger partial charge in [0.2, 0.25) is 0 Å². The summed E-state index contributed by atoms with van der Waals surface area (Å²) in [6.07, 6.45) is 0.974. The van der Waals surface area contributed by atoms with Gasteiger partial charge in [-0.05, 0) is 24.6 Å². The Balaban J connectivity index is 0.00000176. The van der Waals surface area contributed by atoms with E-state index in [1.54, 1.807) is 17.0 Å². The molecule has 0 aliphatic carbocycles. The van der Waals surface area contributed by atoms with Crippen molar-refractivity contribution in [2.24, 2.45) is 0 Å². The van der Waals surface area contributed by atoms with Gasteiger partial charge in [-0.3, -0.25) is 9.69 Å². The molecule has 0 bridgehead atoms. The lowest BCUT2D eigenvalue weighted by Gasteiger charge is -2.32. The van der Waals surface area contributed by atoms with Crippen molar-refractivity contribution in [2.75, 3.05) is 39.3 Å². The summed E-state index contributed by atoms with van der Waals surface area (Å²) in [5.74, 6) is -0.653. The second kappa shape index (κ2) is 7.73. The summed E-state index contributed by atoms with van der Waals surface area (Å²) in [5, 5.41) is 3.33. The van der Waals surface area contributed by atoms with Crippen LogP contribution in [-0.2, 0) is 0 Å². The molecule has 1 aromatic rings. The van der Waals surface area contributed by atoms with Gasteiger partial charge < -0.3 is 10.2 Å². The summed E-state index contributed by atoms with van der Waals surface area (Å²) in [6.45, 7) is 5.47. The van der Waals surface area contributed by atoms with Crippen LogP contribution in [0.25, 0.3) is 0 Å². The molecule has 0 radical (unpaired) electrons. The molecule has 0 aromatic heterocycles. The summed E-state index contributed by atoms with van der Waals surface area (Å²) >= 11 is 3.30.